The molecule has 0 aliphatic heterocycles. The lowest BCUT2D eigenvalue weighted by molar-refractivity contribution is -0.154. The van der Waals surface area contributed by atoms with Crippen molar-refractivity contribution in [3.63, 3.8) is 0 Å². The molecule has 0 radical (unpaired) electrons. The Balaban J connectivity index is 3.78. The second kappa shape index (κ2) is 57.4. The number of hydrogen-bond donors (Lipinski definition) is 2. The SMILES string of the molecule is CCCCCCCCCCCCCCCCCCCCCCCCCCCCOCC(COP(=O)(O)OCCN)OC(=O)CCCCCCCCCCCCCCCCCCCCCCCCC. The number of hydrogen-bond acceptors (Lipinski definition) is 7. The van der Waals surface area contributed by atoms with Gasteiger partial charge < -0.3 is 20.1 Å². The molecule has 0 aromatic rings. The Hall–Kier alpha value is -0.500. The van der Waals surface area contributed by atoms with Crippen molar-refractivity contribution in [3.8, 4) is 0 Å². The topological polar surface area (TPSA) is 117 Å². The third-order valence-corrected chi connectivity index (χ3v) is 15.0. The number of nitrogens with two attached hydrogens (primary N) is 1. The average molecular weight is 987 g/mol. The zero-order chi connectivity index (χ0) is 49.4. The van der Waals surface area contributed by atoms with Gasteiger partial charge in [0.15, 0.2) is 0 Å². The first kappa shape index (κ1) is 67.5. The van der Waals surface area contributed by atoms with Gasteiger partial charge in [0.1, 0.15) is 6.10 Å². The molecule has 408 valence electrons. The summed E-state index contributed by atoms with van der Waals surface area (Å²) in [5.41, 5.74) is 5.41. The smallest absolute Gasteiger partial charge is 0.457 e. The maximum Gasteiger partial charge on any atom is 0.472 e. The zero-order valence-electron chi connectivity index (χ0n) is 45.9. The standard InChI is InChI=1S/C59H120NO7P/c1-3-5-7-9-11-13-15-17-19-21-23-25-27-28-29-31-33-35-37-39-41-43-45-47-49-51-54-64-56-58(57-66-68(62,63)65-55-53-60)67-59(61)52-50-48-46-44-42-40-38-36-34-32-30-26-24-22-20-18-16-14-12-10-8-6-4-2/h58H,3-57,60H2,1-2H3,(H,62,63). The van der Waals surface area contributed by atoms with Crippen LogP contribution >= 0.6 is 7.82 Å². The molecule has 0 amide bonds. The highest BCUT2D eigenvalue weighted by Gasteiger charge is 2.25. The lowest BCUT2D eigenvalue weighted by atomic mass is 10.0. The van der Waals surface area contributed by atoms with Gasteiger partial charge in [0.05, 0.1) is 19.8 Å². The van der Waals surface area contributed by atoms with Gasteiger partial charge in [-0.2, -0.15) is 0 Å². The third-order valence-electron chi connectivity index (χ3n) is 14.0. The Kier molecular flexibility index (Phi) is 57.0. The molecule has 3 N–H and O–H groups in total. The van der Waals surface area contributed by atoms with E-state index in [2.05, 4.69) is 13.8 Å². The molecule has 0 saturated carbocycles. The predicted molar refractivity (Wildman–Crippen MR) is 294 cm³/mol. The molecule has 9 heteroatoms. The van der Waals surface area contributed by atoms with Crippen LogP contribution < -0.4 is 5.73 Å². The maximum absolute atomic E-state index is 12.7. The first-order valence-electron chi connectivity index (χ1n) is 30.5. The highest BCUT2D eigenvalue weighted by atomic mass is 31.2. The van der Waals surface area contributed by atoms with E-state index in [1.54, 1.807) is 0 Å². The number of carbonyl (C=O) groups excluding carboxylic acids is 1. The first-order chi connectivity index (χ1) is 33.4. The lowest BCUT2D eigenvalue weighted by Gasteiger charge is -2.20. The molecule has 0 aromatic heterocycles. The molecule has 2 unspecified atom stereocenters. The Morgan fingerprint density at radius 3 is 0.926 bits per heavy atom. The van der Waals surface area contributed by atoms with Crippen LogP contribution in [0.25, 0.3) is 0 Å². The second-order valence-electron chi connectivity index (χ2n) is 20.9. The number of carbonyl (C=O) groups is 1. The van der Waals surface area contributed by atoms with Gasteiger partial charge in [-0.05, 0) is 12.8 Å². The van der Waals surface area contributed by atoms with Gasteiger partial charge in [0.25, 0.3) is 0 Å². The molecule has 0 fully saturated rings. The maximum atomic E-state index is 12.7. The van der Waals surface area contributed by atoms with Crippen molar-refractivity contribution in [2.24, 2.45) is 5.73 Å². The molecule has 0 bridgehead atoms. The minimum absolute atomic E-state index is 0.0894. The van der Waals surface area contributed by atoms with E-state index in [0.29, 0.717) is 13.0 Å². The summed E-state index contributed by atoms with van der Waals surface area (Å²) in [4.78, 5) is 22.7. The fourth-order valence-electron chi connectivity index (χ4n) is 9.53. The fourth-order valence-corrected chi connectivity index (χ4v) is 10.3. The fraction of sp³-hybridized carbons (Fsp3) is 0.983. The van der Waals surface area contributed by atoms with Crippen molar-refractivity contribution in [3.05, 3.63) is 0 Å². The van der Waals surface area contributed by atoms with E-state index in [4.69, 9.17) is 24.3 Å². The van der Waals surface area contributed by atoms with Crippen molar-refractivity contribution in [1.82, 2.24) is 0 Å². The minimum atomic E-state index is -4.28. The molecule has 8 nitrogen and oxygen atoms in total. The van der Waals surface area contributed by atoms with E-state index >= 15 is 0 Å². The number of unbranched alkanes of at least 4 members (excludes halogenated alkanes) is 47. The molecule has 2 atom stereocenters. The first-order valence-corrected chi connectivity index (χ1v) is 32.0. The summed E-state index contributed by atoms with van der Waals surface area (Å²) in [5, 5.41) is 0. The van der Waals surface area contributed by atoms with Crippen LogP contribution in [-0.4, -0.2) is 49.9 Å². The van der Waals surface area contributed by atoms with Gasteiger partial charge in [0.2, 0.25) is 0 Å². The molecule has 68 heavy (non-hydrogen) atoms. The van der Waals surface area contributed by atoms with Crippen molar-refractivity contribution in [2.45, 2.75) is 341 Å². The van der Waals surface area contributed by atoms with Gasteiger partial charge in [-0.15, -0.1) is 0 Å². The summed E-state index contributed by atoms with van der Waals surface area (Å²) in [7, 11) is -4.28. The van der Waals surface area contributed by atoms with Gasteiger partial charge in [-0.25, -0.2) is 4.57 Å². The summed E-state index contributed by atoms with van der Waals surface area (Å²) in [6.07, 6.45) is 66.0. The molecule has 0 aromatic carbocycles. The predicted octanol–water partition coefficient (Wildman–Crippen LogP) is 19.6. The summed E-state index contributed by atoms with van der Waals surface area (Å²) in [6, 6.07) is 0. The van der Waals surface area contributed by atoms with E-state index in [0.717, 1.165) is 32.1 Å². The van der Waals surface area contributed by atoms with E-state index in [9.17, 15) is 14.3 Å². The Morgan fingerprint density at radius 1 is 0.382 bits per heavy atom. The van der Waals surface area contributed by atoms with E-state index in [-0.39, 0.29) is 32.3 Å². The van der Waals surface area contributed by atoms with Gasteiger partial charge >= 0.3 is 13.8 Å². The third kappa shape index (κ3) is 56.4. The number of phosphoric ester groups is 1. The molecular formula is C59H120NO7P. The van der Waals surface area contributed by atoms with Crippen molar-refractivity contribution in [1.29, 1.82) is 0 Å². The summed E-state index contributed by atoms with van der Waals surface area (Å²) < 4.78 is 33.7. The average Bonchev–Trinajstić information content (AvgIpc) is 3.33. The summed E-state index contributed by atoms with van der Waals surface area (Å²) in [5.74, 6) is -0.318. The Bertz CT molecular complexity index is 1020. The highest BCUT2D eigenvalue weighted by molar-refractivity contribution is 7.47. The quantitative estimate of drug-likeness (QED) is 0.0352. The highest BCUT2D eigenvalue weighted by Crippen LogP contribution is 2.43. The van der Waals surface area contributed by atoms with Gasteiger partial charge in [-0.1, -0.05) is 316 Å². The van der Waals surface area contributed by atoms with E-state index < -0.39 is 13.9 Å². The van der Waals surface area contributed by atoms with E-state index in [1.807, 2.05) is 0 Å². The molecule has 0 aliphatic carbocycles. The van der Waals surface area contributed by atoms with Gasteiger partial charge in [0, 0.05) is 19.6 Å². The van der Waals surface area contributed by atoms with Crippen molar-refractivity contribution < 1.29 is 32.8 Å². The number of rotatable bonds is 60. The molecular weight excluding hydrogens is 866 g/mol. The van der Waals surface area contributed by atoms with Crippen LogP contribution in [0.5, 0.6) is 0 Å². The van der Waals surface area contributed by atoms with Crippen LogP contribution in [0.1, 0.15) is 335 Å². The summed E-state index contributed by atoms with van der Waals surface area (Å²) in [6.45, 7) is 5.03. The molecule has 0 saturated heterocycles. The second-order valence-corrected chi connectivity index (χ2v) is 22.4. The van der Waals surface area contributed by atoms with Crippen molar-refractivity contribution in [2.75, 3.05) is 33.0 Å². The van der Waals surface area contributed by atoms with Gasteiger partial charge in [-0.3, -0.25) is 13.8 Å². The molecule has 0 aliphatic rings. The Labute approximate surface area is 424 Å². The van der Waals surface area contributed by atoms with E-state index in [1.165, 1.54) is 283 Å². The normalized spacial score (nSPS) is 13.1. The molecule has 0 spiro atoms. The van der Waals surface area contributed by atoms with Crippen molar-refractivity contribution >= 4 is 13.8 Å². The lowest BCUT2D eigenvalue weighted by Crippen LogP contribution is -2.28. The monoisotopic (exact) mass is 986 g/mol. The van der Waals surface area contributed by atoms with Crippen LogP contribution in [0.15, 0.2) is 0 Å². The minimum Gasteiger partial charge on any atom is -0.457 e. The number of esters is 1. The van der Waals surface area contributed by atoms with Crippen LogP contribution in [0.2, 0.25) is 0 Å². The van der Waals surface area contributed by atoms with Crippen LogP contribution in [0, 0.1) is 0 Å². The van der Waals surface area contributed by atoms with Crippen LogP contribution in [0.4, 0.5) is 0 Å². The number of ether oxygens (including phenoxy) is 2. The summed E-state index contributed by atoms with van der Waals surface area (Å²) >= 11 is 0. The molecule has 0 heterocycles. The zero-order valence-corrected chi connectivity index (χ0v) is 46.8. The van der Waals surface area contributed by atoms with Crippen LogP contribution in [-0.2, 0) is 27.9 Å². The molecule has 0 rings (SSSR count). The Morgan fingerprint density at radius 2 is 0.647 bits per heavy atom. The van der Waals surface area contributed by atoms with Crippen LogP contribution in [0.3, 0.4) is 0 Å². The largest absolute Gasteiger partial charge is 0.472 e. The number of phosphoric acid groups is 1.